The van der Waals surface area contributed by atoms with Crippen molar-refractivity contribution in [3.63, 3.8) is 0 Å². The number of benzene rings is 2. The molecule has 3 heterocycles. The summed E-state index contributed by atoms with van der Waals surface area (Å²) in [4.78, 5) is 42.6. The van der Waals surface area contributed by atoms with E-state index in [2.05, 4.69) is 5.32 Å². The predicted octanol–water partition coefficient (Wildman–Crippen LogP) is 4.05. The minimum absolute atomic E-state index is 0.0291. The van der Waals surface area contributed by atoms with Crippen molar-refractivity contribution in [2.45, 2.75) is 50.3 Å². The SMILES string of the molecule is CC1CCC(SCCO)C2CN1C(=O)c1c(OCc3ccccc3)c(=O)c(C(=O)NCc3c(F)cc(F)cc3F)cn12. The molecule has 2 aliphatic heterocycles. The molecule has 2 bridgehead atoms. The van der Waals surface area contributed by atoms with Gasteiger partial charge in [-0.15, -0.1) is 0 Å². The number of carbonyl (C=O) groups is 2. The molecule has 1 aromatic heterocycles. The molecule has 0 radical (unpaired) electrons. The second-order valence-electron chi connectivity index (χ2n) is 10.3. The molecule has 12 heteroatoms. The monoisotopic (exact) mass is 601 g/mol. The number of nitrogens with one attached hydrogen (secondary N) is 1. The third-order valence-electron chi connectivity index (χ3n) is 7.65. The normalized spacial score (nSPS) is 19.7. The van der Waals surface area contributed by atoms with Crippen LogP contribution >= 0.6 is 11.8 Å². The molecule has 0 aliphatic carbocycles. The first-order valence-electron chi connectivity index (χ1n) is 13.6. The van der Waals surface area contributed by atoms with Crippen LogP contribution in [0.1, 0.15) is 57.8 Å². The lowest BCUT2D eigenvalue weighted by atomic mass is 10.0. The third-order valence-corrected chi connectivity index (χ3v) is 9.05. The van der Waals surface area contributed by atoms with E-state index in [9.17, 15) is 32.7 Å². The minimum atomic E-state index is -1.18. The van der Waals surface area contributed by atoms with E-state index in [1.807, 2.05) is 13.0 Å². The average Bonchev–Trinajstić information content (AvgIpc) is 3.11. The fourth-order valence-electron chi connectivity index (χ4n) is 5.45. The highest BCUT2D eigenvalue weighted by molar-refractivity contribution is 7.99. The Morgan fingerprint density at radius 1 is 1.12 bits per heavy atom. The van der Waals surface area contributed by atoms with Gasteiger partial charge in [-0.3, -0.25) is 14.4 Å². The molecule has 2 aromatic carbocycles. The van der Waals surface area contributed by atoms with E-state index in [0.29, 0.717) is 30.9 Å². The van der Waals surface area contributed by atoms with Gasteiger partial charge in [0.1, 0.15) is 29.6 Å². The smallest absolute Gasteiger partial charge is 0.274 e. The Hall–Kier alpha value is -3.77. The van der Waals surface area contributed by atoms with Crippen LogP contribution in [0.4, 0.5) is 13.2 Å². The number of pyridine rings is 1. The van der Waals surface area contributed by atoms with E-state index < -0.39 is 46.8 Å². The van der Waals surface area contributed by atoms with E-state index in [1.165, 1.54) is 6.20 Å². The largest absolute Gasteiger partial charge is 0.483 e. The van der Waals surface area contributed by atoms with E-state index in [4.69, 9.17) is 4.74 Å². The number of rotatable bonds is 9. The van der Waals surface area contributed by atoms with Gasteiger partial charge in [0.15, 0.2) is 11.4 Å². The molecule has 42 heavy (non-hydrogen) atoms. The second-order valence-corrected chi connectivity index (χ2v) is 11.7. The lowest BCUT2D eigenvalue weighted by molar-refractivity contribution is 0.0603. The van der Waals surface area contributed by atoms with Crippen molar-refractivity contribution < 1.29 is 32.6 Å². The topological polar surface area (TPSA) is 101 Å². The van der Waals surface area contributed by atoms with E-state index >= 15 is 0 Å². The molecule has 0 spiro atoms. The number of thioether (sulfide) groups is 1. The minimum Gasteiger partial charge on any atom is -0.483 e. The van der Waals surface area contributed by atoms with Crippen molar-refractivity contribution in [1.82, 2.24) is 14.8 Å². The van der Waals surface area contributed by atoms with Crippen LogP contribution < -0.4 is 15.5 Å². The summed E-state index contributed by atoms with van der Waals surface area (Å²) in [5, 5.41) is 11.8. The summed E-state index contributed by atoms with van der Waals surface area (Å²) >= 11 is 1.55. The second kappa shape index (κ2) is 12.6. The Bertz CT molecular complexity index is 1530. The van der Waals surface area contributed by atoms with Crippen LogP contribution in [0.3, 0.4) is 0 Å². The number of aliphatic hydroxyl groups is 1. The summed E-state index contributed by atoms with van der Waals surface area (Å²) < 4.78 is 49.4. The van der Waals surface area contributed by atoms with Crippen molar-refractivity contribution in [2.24, 2.45) is 0 Å². The Morgan fingerprint density at radius 2 is 1.83 bits per heavy atom. The van der Waals surface area contributed by atoms with Crippen LogP contribution in [0.15, 0.2) is 53.5 Å². The van der Waals surface area contributed by atoms with Gasteiger partial charge in [-0.25, -0.2) is 13.2 Å². The molecule has 1 saturated heterocycles. The molecular weight excluding hydrogens is 571 g/mol. The number of nitrogens with zero attached hydrogens (tertiary/aromatic N) is 2. The molecule has 3 atom stereocenters. The molecule has 1 fully saturated rings. The Morgan fingerprint density at radius 3 is 2.52 bits per heavy atom. The molecule has 5 rings (SSSR count). The van der Waals surface area contributed by atoms with Crippen LogP contribution in [0, 0.1) is 17.5 Å². The number of fused-ring (bicyclic) bond motifs is 4. The summed E-state index contributed by atoms with van der Waals surface area (Å²) in [6.07, 6.45) is 2.76. The molecule has 8 nitrogen and oxygen atoms in total. The molecule has 222 valence electrons. The zero-order valence-corrected chi connectivity index (χ0v) is 23.6. The molecule has 2 N–H and O–H groups in total. The van der Waals surface area contributed by atoms with Gasteiger partial charge in [-0.05, 0) is 25.3 Å². The van der Waals surface area contributed by atoms with Crippen molar-refractivity contribution in [1.29, 1.82) is 0 Å². The number of amides is 2. The van der Waals surface area contributed by atoms with E-state index in [1.54, 1.807) is 45.5 Å². The first-order valence-corrected chi connectivity index (χ1v) is 14.6. The summed E-state index contributed by atoms with van der Waals surface area (Å²) in [6, 6.07) is 9.58. The number of aromatic nitrogens is 1. The van der Waals surface area contributed by atoms with Crippen molar-refractivity contribution >= 4 is 23.6 Å². The summed E-state index contributed by atoms with van der Waals surface area (Å²) in [6.45, 7) is 1.57. The van der Waals surface area contributed by atoms with Gasteiger partial charge >= 0.3 is 0 Å². The standard InChI is InChI=1S/C30H30F3N3O5S/c1-17-7-8-25(42-10-9-37)24-15-35(17)30(40)26-28(41-16-18-5-3-2-4-6-18)27(38)21(14-36(24)26)29(39)34-13-20-22(32)11-19(31)12-23(20)33/h2-6,11-12,14,17,24-25,37H,7-10,13,15-16H2,1H3,(H,34,39). The maximum Gasteiger partial charge on any atom is 0.274 e. The maximum absolute atomic E-state index is 14.2. The highest BCUT2D eigenvalue weighted by Gasteiger charge is 2.43. The van der Waals surface area contributed by atoms with Crippen LogP contribution in [0.25, 0.3) is 0 Å². The average molecular weight is 602 g/mol. The van der Waals surface area contributed by atoms with Crippen LogP contribution in [0.2, 0.25) is 0 Å². The first-order chi connectivity index (χ1) is 20.2. The quantitative estimate of drug-likeness (QED) is 0.384. The molecule has 0 saturated carbocycles. The highest BCUT2D eigenvalue weighted by Crippen LogP contribution is 2.39. The van der Waals surface area contributed by atoms with Gasteiger partial charge in [0.05, 0.1) is 12.6 Å². The molecule has 3 aromatic rings. The van der Waals surface area contributed by atoms with Crippen LogP contribution in [-0.4, -0.2) is 56.6 Å². The highest BCUT2D eigenvalue weighted by atomic mass is 32.2. The fraction of sp³-hybridized carbons (Fsp3) is 0.367. The number of carbonyl (C=O) groups excluding carboxylic acids is 2. The molecule has 2 amide bonds. The summed E-state index contributed by atoms with van der Waals surface area (Å²) in [5.74, 6) is -4.59. The van der Waals surface area contributed by atoms with Gasteiger partial charge in [0, 0.05) is 54.0 Å². The Kier molecular flexibility index (Phi) is 8.93. The van der Waals surface area contributed by atoms with Gasteiger partial charge < -0.3 is 24.6 Å². The van der Waals surface area contributed by atoms with Gasteiger partial charge in [-0.1, -0.05) is 30.3 Å². The zero-order chi connectivity index (χ0) is 30.0. The van der Waals surface area contributed by atoms with E-state index in [-0.39, 0.29) is 47.6 Å². The maximum atomic E-state index is 14.2. The molecule has 3 unspecified atom stereocenters. The van der Waals surface area contributed by atoms with Crippen molar-refractivity contribution in [3.05, 3.63) is 98.7 Å². The number of ether oxygens (including phenoxy) is 1. The molecule has 2 aliphatic rings. The predicted molar refractivity (Wildman–Crippen MR) is 151 cm³/mol. The lowest BCUT2D eigenvalue weighted by Crippen LogP contribution is -2.49. The number of aliphatic hydroxyl groups excluding tert-OH is 1. The molecular formula is C30H30F3N3O5S. The first kappa shape index (κ1) is 29.7. The van der Waals surface area contributed by atoms with Crippen LogP contribution in [-0.2, 0) is 13.2 Å². The Labute approximate surface area is 244 Å². The number of halogens is 3. The number of hydrogen-bond donors (Lipinski definition) is 2. The fourth-order valence-corrected chi connectivity index (χ4v) is 6.60. The van der Waals surface area contributed by atoms with Crippen LogP contribution in [0.5, 0.6) is 5.75 Å². The van der Waals surface area contributed by atoms with Gasteiger partial charge in [0.25, 0.3) is 11.8 Å². The third kappa shape index (κ3) is 5.91. The summed E-state index contributed by atoms with van der Waals surface area (Å²) in [5.41, 5.74) is -1.00. The van der Waals surface area contributed by atoms with Gasteiger partial charge in [-0.2, -0.15) is 11.8 Å². The van der Waals surface area contributed by atoms with E-state index in [0.717, 1.165) is 12.0 Å². The lowest BCUT2D eigenvalue weighted by Gasteiger charge is -2.39. The Balaban J connectivity index is 1.58. The van der Waals surface area contributed by atoms with Crippen molar-refractivity contribution in [2.75, 3.05) is 18.9 Å². The zero-order valence-electron chi connectivity index (χ0n) is 22.8. The van der Waals surface area contributed by atoms with Gasteiger partial charge in [0.2, 0.25) is 5.43 Å². The van der Waals surface area contributed by atoms with Crippen molar-refractivity contribution in [3.8, 4) is 5.75 Å². The summed E-state index contributed by atoms with van der Waals surface area (Å²) in [7, 11) is 0. The number of hydrogen-bond acceptors (Lipinski definition) is 6.